The van der Waals surface area contributed by atoms with E-state index in [1.807, 2.05) is 55.5 Å². The zero-order chi connectivity index (χ0) is 27.9. The summed E-state index contributed by atoms with van der Waals surface area (Å²) in [7, 11) is 0. The van der Waals surface area contributed by atoms with Gasteiger partial charge in [0.1, 0.15) is 17.3 Å². The van der Waals surface area contributed by atoms with Crippen LogP contribution >= 0.6 is 0 Å². The van der Waals surface area contributed by atoms with Crippen molar-refractivity contribution in [3.8, 4) is 11.5 Å². The molecule has 8 nitrogen and oxygen atoms in total. The van der Waals surface area contributed by atoms with Crippen LogP contribution in [-0.2, 0) is 24.1 Å². The number of hydrogen-bond donors (Lipinski definition) is 1. The molecular formula is C33H36N2O6. The molecule has 3 aromatic carbocycles. The quantitative estimate of drug-likeness (QED) is 0.248. The Hall–Kier alpha value is -4.59. The van der Waals surface area contributed by atoms with Crippen LogP contribution in [0.4, 0.5) is 4.79 Å². The molecule has 0 bridgehead atoms. The van der Waals surface area contributed by atoms with E-state index in [4.69, 9.17) is 13.9 Å². The maximum absolute atomic E-state index is 12.6. The van der Waals surface area contributed by atoms with Gasteiger partial charge in [-0.1, -0.05) is 68.1 Å². The number of carboxylic acid groups (broad SMARTS) is 1. The van der Waals surface area contributed by atoms with Crippen LogP contribution in [-0.4, -0.2) is 46.7 Å². The minimum atomic E-state index is -0.907. The van der Waals surface area contributed by atoms with Crippen molar-refractivity contribution in [1.29, 1.82) is 0 Å². The van der Waals surface area contributed by atoms with E-state index in [2.05, 4.69) is 17.1 Å². The van der Waals surface area contributed by atoms with E-state index in [0.717, 1.165) is 28.3 Å². The Balaban J connectivity index is 0.00000387. The molecule has 4 aromatic rings. The average molecular weight is 557 g/mol. The number of para-hydroxylation sites is 1. The highest BCUT2D eigenvalue weighted by atomic mass is 16.6. The molecule has 214 valence electrons. The summed E-state index contributed by atoms with van der Waals surface area (Å²) in [4.78, 5) is 30.7. The maximum Gasteiger partial charge on any atom is 0.415 e. The van der Waals surface area contributed by atoms with E-state index in [1.165, 1.54) is 4.90 Å². The number of ether oxygens (including phenoxy) is 2. The average Bonchev–Trinajstić information content (AvgIpc) is 3.54. The number of hydrogen-bond acceptors (Lipinski definition) is 6. The topological polar surface area (TPSA) is 102 Å². The highest BCUT2D eigenvalue weighted by molar-refractivity contribution is 5.75. The fourth-order valence-corrected chi connectivity index (χ4v) is 5.02. The third-order valence-corrected chi connectivity index (χ3v) is 7.13. The van der Waals surface area contributed by atoms with Gasteiger partial charge in [-0.05, 0) is 54.7 Å². The third kappa shape index (κ3) is 7.75. The third-order valence-electron chi connectivity index (χ3n) is 7.13. The molecule has 2 heterocycles. The van der Waals surface area contributed by atoms with Gasteiger partial charge in [-0.3, -0.25) is 4.79 Å². The zero-order valence-electron chi connectivity index (χ0n) is 22.4. The van der Waals surface area contributed by atoms with Gasteiger partial charge >= 0.3 is 12.1 Å². The van der Waals surface area contributed by atoms with Crippen molar-refractivity contribution in [2.75, 3.05) is 19.7 Å². The number of amides is 1. The molecule has 0 radical (unpaired) electrons. The van der Waals surface area contributed by atoms with Crippen molar-refractivity contribution in [1.82, 2.24) is 9.88 Å². The summed E-state index contributed by atoms with van der Waals surface area (Å²) in [5.74, 6) is 0.880. The molecule has 1 aliphatic heterocycles. The molecule has 0 aliphatic carbocycles. The smallest absolute Gasteiger partial charge is 0.415 e. The molecule has 1 saturated heterocycles. The SMILES string of the molecule is C.Cc1oc(Cc2ccccc2)nc1CCOc1ccc(C[C@@H]2CN(C(=O)Oc3ccccc3)C[C@@H]2C(=O)O)cc1. The molecule has 1 N–H and O–H groups in total. The van der Waals surface area contributed by atoms with Crippen LogP contribution in [0, 0.1) is 18.8 Å². The number of aliphatic carboxylic acids is 1. The molecule has 1 amide bonds. The minimum absolute atomic E-state index is 0. The number of nitrogens with zero attached hydrogens (tertiary/aromatic N) is 2. The second kappa shape index (κ2) is 13.7. The highest BCUT2D eigenvalue weighted by Gasteiger charge is 2.40. The van der Waals surface area contributed by atoms with E-state index in [0.29, 0.717) is 44.1 Å². The number of carbonyl (C=O) groups excluding carboxylic acids is 1. The molecule has 2 atom stereocenters. The minimum Gasteiger partial charge on any atom is -0.493 e. The number of oxazole rings is 1. The Kier molecular flexibility index (Phi) is 9.79. The normalized spacial score (nSPS) is 16.2. The molecule has 5 rings (SSSR count). The lowest BCUT2D eigenvalue weighted by Gasteiger charge is -2.16. The lowest BCUT2D eigenvalue weighted by molar-refractivity contribution is -0.142. The molecule has 8 heteroatoms. The molecule has 1 fully saturated rings. The van der Waals surface area contributed by atoms with E-state index >= 15 is 0 Å². The van der Waals surface area contributed by atoms with Gasteiger partial charge in [0, 0.05) is 25.9 Å². The van der Waals surface area contributed by atoms with Crippen molar-refractivity contribution in [2.45, 2.75) is 33.6 Å². The van der Waals surface area contributed by atoms with Crippen LogP contribution < -0.4 is 9.47 Å². The van der Waals surface area contributed by atoms with Gasteiger partial charge in [0.25, 0.3) is 0 Å². The summed E-state index contributed by atoms with van der Waals surface area (Å²) in [5, 5.41) is 9.77. The first-order valence-electron chi connectivity index (χ1n) is 13.4. The van der Waals surface area contributed by atoms with Gasteiger partial charge in [-0.25, -0.2) is 9.78 Å². The van der Waals surface area contributed by atoms with Crippen molar-refractivity contribution in [3.05, 3.63) is 113 Å². The Bertz CT molecular complexity index is 1420. The second-order valence-corrected chi connectivity index (χ2v) is 10.0. The van der Waals surface area contributed by atoms with Crippen LogP contribution in [0.5, 0.6) is 11.5 Å². The molecule has 1 aromatic heterocycles. The largest absolute Gasteiger partial charge is 0.493 e. The summed E-state index contributed by atoms with van der Waals surface area (Å²) in [6.45, 7) is 2.83. The summed E-state index contributed by atoms with van der Waals surface area (Å²) in [6, 6.07) is 26.5. The van der Waals surface area contributed by atoms with Gasteiger partial charge in [0.15, 0.2) is 5.89 Å². The number of aryl methyl sites for hydroxylation is 1. The molecular weight excluding hydrogens is 520 g/mol. The van der Waals surface area contributed by atoms with Crippen LogP contribution in [0.25, 0.3) is 0 Å². The van der Waals surface area contributed by atoms with Crippen LogP contribution in [0.3, 0.4) is 0 Å². The Labute approximate surface area is 240 Å². The van der Waals surface area contributed by atoms with Gasteiger partial charge in [0.2, 0.25) is 0 Å². The highest BCUT2D eigenvalue weighted by Crippen LogP contribution is 2.29. The molecule has 0 unspecified atom stereocenters. The number of rotatable bonds is 10. The van der Waals surface area contributed by atoms with E-state index in [1.54, 1.807) is 24.3 Å². The number of carbonyl (C=O) groups is 2. The Morgan fingerprint density at radius 3 is 2.29 bits per heavy atom. The first kappa shape index (κ1) is 29.4. The summed E-state index contributed by atoms with van der Waals surface area (Å²) in [6.07, 6.45) is 1.29. The summed E-state index contributed by atoms with van der Waals surface area (Å²) < 4.78 is 17.2. The van der Waals surface area contributed by atoms with Crippen LogP contribution in [0.1, 0.15) is 35.9 Å². The molecule has 0 spiro atoms. The van der Waals surface area contributed by atoms with Crippen molar-refractivity contribution in [3.63, 3.8) is 0 Å². The number of likely N-dealkylation sites (tertiary alicyclic amines) is 1. The van der Waals surface area contributed by atoms with Gasteiger partial charge in [-0.2, -0.15) is 0 Å². The monoisotopic (exact) mass is 556 g/mol. The lowest BCUT2D eigenvalue weighted by atomic mass is 9.90. The Morgan fingerprint density at radius 2 is 1.61 bits per heavy atom. The van der Waals surface area contributed by atoms with E-state index in [9.17, 15) is 14.7 Å². The predicted octanol–water partition coefficient (Wildman–Crippen LogP) is 6.21. The second-order valence-electron chi connectivity index (χ2n) is 10.0. The van der Waals surface area contributed by atoms with Gasteiger partial charge in [0.05, 0.1) is 18.2 Å². The summed E-state index contributed by atoms with van der Waals surface area (Å²) in [5.41, 5.74) is 3.03. The zero-order valence-corrected chi connectivity index (χ0v) is 22.4. The first-order chi connectivity index (χ1) is 19.4. The molecule has 0 saturated carbocycles. The number of benzene rings is 3. The van der Waals surface area contributed by atoms with E-state index in [-0.39, 0.29) is 19.9 Å². The molecule has 41 heavy (non-hydrogen) atoms. The fraction of sp³-hybridized carbons (Fsp3) is 0.303. The molecule has 1 aliphatic rings. The number of aromatic nitrogens is 1. The van der Waals surface area contributed by atoms with Crippen LogP contribution in [0.2, 0.25) is 0 Å². The van der Waals surface area contributed by atoms with E-state index < -0.39 is 18.0 Å². The summed E-state index contributed by atoms with van der Waals surface area (Å²) >= 11 is 0. The Morgan fingerprint density at radius 1 is 0.927 bits per heavy atom. The first-order valence-corrected chi connectivity index (χ1v) is 13.4. The maximum atomic E-state index is 12.6. The van der Waals surface area contributed by atoms with Crippen molar-refractivity contribution >= 4 is 12.1 Å². The lowest BCUT2D eigenvalue weighted by Crippen LogP contribution is -2.32. The van der Waals surface area contributed by atoms with Crippen molar-refractivity contribution < 1.29 is 28.6 Å². The van der Waals surface area contributed by atoms with Gasteiger partial charge < -0.3 is 23.9 Å². The fourth-order valence-electron chi connectivity index (χ4n) is 5.02. The van der Waals surface area contributed by atoms with Gasteiger partial charge in [-0.15, -0.1) is 0 Å². The van der Waals surface area contributed by atoms with Crippen molar-refractivity contribution in [2.24, 2.45) is 11.8 Å². The number of carboxylic acids is 1. The standard InChI is InChI=1S/C32H32N2O6.CH4/c1-22-29(33-30(39-22)19-23-8-4-2-5-9-23)16-17-38-26-14-12-24(13-15-26)18-25-20-34(21-28(25)31(35)36)32(37)40-27-10-6-3-7-11-27;/h2-15,25,28H,16-21H2,1H3,(H,35,36);1H4/t25-,28+;/m1./s1. The van der Waals surface area contributed by atoms with Crippen LogP contribution in [0.15, 0.2) is 89.3 Å². The predicted molar refractivity (Wildman–Crippen MR) is 155 cm³/mol.